The standard InChI is InChI=1S/C19H28O2.CH2O2/c1-18-9-4-3-5-15(18)16(20)11-12-13-6-7-17(21)19(13,2)10-8-14(12)18;2-1-3/h12-15H,3-11H2,1-2H3;1H,(H,2,3)/t12-,13-,14-,15+,18+,19-;/m0./s1. The molecule has 0 spiro atoms. The highest BCUT2D eigenvalue weighted by atomic mass is 16.3. The molecule has 4 saturated carbocycles. The van der Waals surface area contributed by atoms with Gasteiger partial charge in [0.25, 0.3) is 6.47 Å². The van der Waals surface area contributed by atoms with Gasteiger partial charge in [-0.2, -0.15) is 0 Å². The Morgan fingerprint density at radius 3 is 2.46 bits per heavy atom. The first-order chi connectivity index (χ1) is 11.4. The van der Waals surface area contributed by atoms with E-state index in [1.807, 2.05) is 0 Å². The van der Waals surface area contributed by atoms with Crippen molar-refractivity contribution in [2.45, 2.75) is 71.6 Å². The van der Waals surface area contributed by atoms with Gasteiger partial charge in [-0.25, -0.2) is 0 Å². The van der Waals surface area contributed by atoms with Gasteiger partial charge in [0.05, 0.1) is 0 Å². The number of carbonyl (C=O) groups excluding carboxylic acids is 2. The van der Waals surface area contributed by atoms with Crippen LogP contribution in [0.25, 0.3) is 0 Å². The van der Waals surface area contributed by atoms with Crippen molar-refractivity contribution in [1.82, 2.24) is 0 Å². The molecule has 0 saturated heterocycles. The van der Waals surface area contributed by atoms with Crippen LogP contribution in [0.5, 0.6) is 0 Å². The minimum Gasteiger partial charge on any atom is -0.483 e. The van der Waals surface area contributed by atoms with Crippen molar-refractivity contribution in [1.29, 1.82) is 0 Å². The van der Waals surface area contributed by atoms with Crippen LogP contribution in [-0.2, 0) is 14.4 Å². The molecule has 134 valence electrons. The number of Topliss-reactive ketones (excluding diaryl/α,β-unsaturated/α-hetero) is 2. The predicted molar refractivity (Wildman–Crippen MR) is 90.4 cm³/mol. The number of hydrogen-bond donors (Lipinski definition) is 1. The second-order valence-corrected chi connectivity index (χ2v) is 8.87. The van der Waals surface area contributed by atoms with Crippen molar-refractivity contribution in [3.05, 3.63) is 0 Å². The van der Waals surface area contributed by atoms with Gasteiger partial charge in [0.1, 0.15) is 11.6 Å². The summed E-state index contributed by atoms with van der Waals surface area (Å²) in [6.45, 7) is 4.36. The molecule has 4 nitrogen and oxygen atoms in total. The number of fused-ring (bicyclic) bond motifs is 5. The number of carbonyl (C=O) groups is 3. The van der Waals surface area contributed by atoms with E-state index in [-0.39, 0.29) is 17.3 Å². The van der Waals surface area contributed by atoms with Crippen molar-refractivity contribution in [2.75, 3.05) is 0 Å². The Bertz CT molecular complexity index is 542. The van der Waals surface area contributed by atoms with Crippen molar-refractivity contribution in [3.63, 3.8) is 0 Å². The predicted octanol–water partition coefficient (Wildman–Crippen LogP) is 3.87. The molecule has 6 atom stereocenters. The van der Waals surface area contributed by atoms with E-state index in [1.165, 1.54) is 25.7 Å². The molecule has 0 aromatic heterocycles. The van der Waals surface area contributed by atoms with Crippen LogP contribution in [0.2, 0.25) is 0 Å². The largest absolute Gasteiger partial charge is 0.483 e. The molecular weight excluding hydrogens is 304 g/mol. The number of hydrogen-bond acceptors (Lipinski definition) is 3. The number of ketones is 2. The first-order valence-corrected chi connectivity index (χ1v) is 9.52. The van der Waals surface area contributed by atoms with E-state index in [0.29, 0.717) is 35.2 Å². The zero-order chi connectivity index (χ0) is 17.5. The van der Waals surface area contributed by atoms with Crippen LogP contribution in [0.1, 0.15) is 71.6 Å². The van der Waals surface area contributed by atoms with E-state index >= 15 is 0 Å². The van der Waals surface area contributed by atoms with Crippen molar-refractivity contribution < 1.29 is 19.5 Å². The van der Waals surface area contributed by atoms with Crippen LogP contribution < -0.4 is 0 Å². The molecule has 0 aromatic carbocycles. The minimum absolute atomic E-state index is 0.0979. The molecule has 4 fully saturated rings. The first kappa shape index (κ1) is 17.6. The molecule has 4 rings (SSSR count). The zero-order valence-electron chi connectivity index (χ0n) is 14.9. The molecule has 0 aromatic rings. The highest BCUT2D eigenvalue weighted by molar-refractivity contribution is 5.88. The SMILES string of the molecule is C[C@]12CCCC[C@@H]1C(=O)C[C@@H]1[C@@H]2CC[C@]2(C)C(=O)CC[C@@H]12.O=CO. The maximum atomic E-state index is 12.8. The summed E-state index contributed by atoms with van der Waals surface area (Å²) in [5.74, 6) is 3.03. The van der Waals surface area contributed by atoms with Gasteiger partial charge in [-0.3, -0.25) is 14.4 Å². The van der Waals surface area contributed by atoms with Crippen molar-refractivity contribution in [2.24, 2.45) is 34.5 Å². The van der Waals surface area contributed by atoms with E-state index < -0.39 is 0 Å². The molecule has 4 aliphatic rings. The summed E-state index contributed by atoms with van der Waals surface area (Å²) in [4.78, 5) is 33.5. The van der Waals surface area contributed by atoms with Crippen LogP contribution in [0, 0.1) is 34.5 Å². The first-order valence-electron chi connectivity index (χ1n) is 9.52. The molecule has 0 heterocycles. The van der Waals surface area contributed by atoms with Gasteiger partial charge in [-0.15, -0.1) is 0 Å². The lowest BCUT2D eigenvalue weighted by molar-refractivity contribution is -0.155. The van der Waals surface area contributed by atoms with E-state index in [4.69, 9.17) is 9.90 Å². The summed E-state index contributed by atoms with van der Waals surface area (Å²) in [5.41, 5.74) is 0.143. The Morgan fingerprint density at radius 1 is 1.04 bits per heavy atom. The van der Waals surface area contributed by atoms with Gasteiger partial charge in [0.15, 0.2) is 0 Å². The Kier molecular flexibility index (Phi) is 4.61. The van der Waals surface area contributed by atoms with Crippen LogP contribution in [-0.4, -0.2) is 23.1 Å². The summed E-state index contributed by atoms with van der Waals surface area (Å²) in [5, 5.41) is 6.89. The summed E-state index contributed by atoms with van der Waals surface area (Å²) >= 11 is 0. The smallest absolute Gasteiger partial charge is 0.290 e. The third-order valence-electron chi connectivity index (χ3n) is 8.07. The van der Waals surface area contributed by atoms with Crippen LogP contribution >= 0.6 is 0 Å². The second kappa shape index (κ2) is 6.27. The van der Waals surface area contributed by atoms with Gasteiger partial charge in [0.2, 0.25) is 0 Å². The lowest BCUT2D eigenvalue weighted by Gasteiger charge is -2.58. The highest BCUT2D eigenvalue weighted by Gasteiger charge is 2.61. The normalized spacial score (nSPS) is 46.9. The van der Waals surface area contributed by atoms with Gasteiger partial charge in [0, 0.05) is 24.2 Å². The minimum atomic E-state index is -0.250. The Labute approximate surface area is 144 Å². The van der Waals surface area contributed by atoms with Crippen LogP contribution in [0.15, 0.2) is 0 Å². The summed E-state index contributed by atoms with van der Waals surface area (Å²) in [6.07, 6.45) is 9.74. The van der Waals surface area contributed by atoms with Gasteiger partial charge in [-0.05, 0) is 55.3 Å². The fourth-order valence-corrected chi connectivity index (χ4v) is 6.87. The lowest BCUT2D eigenvalue weighted by atomic mass is 9.45. The fourth-order valence-electron chi connectivity index (χ4n) is 6.87. The molecule has 4 aliphatic carbocycles. The summed E-state index contributed by atoms with van der Waals surface area (Å²) in [6, 6.07) is 0. The quantitative estimate of drug-likeness (QED) is 0.683. The molecule has 1 N–H and O–H groups in total. The Balaban J connectivity index is 0.000000526. The fraction of sp³-hybridized carbons (Fsp3) is 0.850. The van der Waals surface area contributed by atoms with Crippen molar-refractivity contribution in [3.8, 4) is 0 Å². The Hall–Kier alpha value is -1.19. The third-order valence-corrected chi connectivity index (χ3v) is 8.07. The van der Waals surface area contributed by atoms with Crippen molar-refractivity contribution >= 4 is 18.0 Å². The average Bonchev–Trinajstić information content (AvgIpc) is 2.84. The monoisotopic (exact) mass is 334 g/mol. The van der Waals surface area contributed by atoms with E-state index in [1.54, 1.807) is 0 Å². The highest BCUT2D eigenvalue weighted by Crippen LogP contribution is 2.64. The molecule has 0 radical (unpaired) electrons. The summed E-state index contributed by atoms with van der Waals surface area (Å²) < 4.78 is 0. The maximum Gasteiger partial charge on any atom is 0.290 e. The second-order valence-electron chi connectivity index (χ2n) is 8.87. The van der Waals surface area contributed by atoms with E-state index in [0.717, 1.165) is 32.1 Å². The molecule has 0 aliphatic heterocycles. The average molecular weight is 334 g/mol. The number of rotatable bonds is 0. The zero-order valence-corrected chi connectivity index (χ0v) is 14.9. The molecule has 24 heavy (non-hydrogen) atoms. The summed E-state index contributed by atoms with van der Waals surface area (Å²) in [7, 11) is 0. The van der Waals surface area contributed by atoms with Gasteiger partial charge >= 0.3 is 0 Å². The molecule has 0 unspecified atom stereocenters. The molecular formula is C20H30O4. The lowest BCUT2D eigenvalue weighted by Crippen LogP contribution is -2.55. The van der Waals surface area contributed by atoms with Crippen LogP contribution in [0.3, 0.4) is 0 Å². The number of carboxylic acid groups (broad SMARTS) is 1. The van der Waals surface area contributed by atoms with Crippen LogP contribution in [0.4, 0.5) is 0 Å². The van der Waals surface area contributed by atoms with Gasteiger partial charge < -0.3 is 5.11 Å². The molecule has 4 heteroatoms. The van der Waals surface area contributed by atoms with E-state index in [2.05, 4.69) is 13.8 Å². The molecule has 0 amide bonds. The topological polar surface area (TPSA) is 71.4 Å². The Morgan fingerprint density at radius 2 is 1.75 bits per heavy atom. The molecule has 0 bridgehead atoms. The maximum absolute atomic E-state index is 12.8. The van der Waals surface area contributed by atoms with E-state index in [9.17, 15) is 9.59 Å². The van der Waals surface area contributed by atoms with Gasteiger partial charge in [-0.1, -0.05) is 26.7 Å². The third kappa shape index (κ3) is 2.44.